The van der Waals surface area contributed by atoms with Crippen LogP contribution in [0.1, 0.15) is 37.4 Å². The largest absolute Gasteiger partial charge is 0.497 e. The minimum absolute atomic E-state index is 0.00507. The third kappa shape index (κ3) is 5.28. The van der Waals surface area contributed by atoms with E-state index in [1.165, 1.54) is 11.8 Å². The van der Waals surface area contributed by atoms with E-state index in [0.717, 1.165) is 22.6 Å². The summed E-state index contributed by atoms with van der Waals surface area (Å²) in [5.74, 6) is 2.54. The summed E-state index contributed by atoms with van der Waals surface area (Å²) in [6.45, 7) is 4.04. The van der Waals surface area contributed by atoms with Crippen molar-refractivity contribution in [2.75, 3.05) is 12.9 Å². The number of methoxy groups -OCH3 is 1. The van der Waals surface area contributed by atoms with Crippen LogP contribution in [-0.4, -0.2) is 24.4 Å². The van der Waals surface area contributed by atoms with Crippen LogP contribution < -0.4 is 14.8 Å². The maximum Gasteiger partial charge on any atom is 0.230 e. The monoisotopic (exact) mass is 439 g/mol. The number of thioether (sulfide) groups is 1. The highest BCUT2D eigenvalue weighted by Crippen LogP contribution is 2.41. The van der Waals surface area contributed by atoms with Crippen LogP contribution in [-0.2, 0) is 10.5 Å². The van der Waals surface area contributed by atoms with Gasteiger partial charge in [0.05, 0.1) is 28.9 Å². The van der Waals surface area contributed by atoms with Gasteiger partial charge in [0.1, 0.15) is 17.1 Å². The molecule has 0 saturated carbocycles. The molecule has 150 valence electrons. The van der Waals surface area contributed by atoms with Crippen LogP contribution >= 0.6 is 35.0 Å². The highest BCUT2D eigenvalue weighted by Gasteiger charge is 2.34. The molecule has 0 radical (unpaired) electrons. The van der Waals surface area contributed by atoms with E-state index in [1.807, 2.05) is 44.2 Å². The van der Waals surface area contributed by atoms with Crippen LogP contribution in [0.25, 0.3) is 0 Å². The van der Waals surface area contributed by atoms with Crippen LogP contribution in [0.3, 0.4) is 0 Å². The number of benzene rings is 2. The fourth-order valence-electron chi connectivity index (χ4n) is 3.21. The predicted octanol–water partition coefficient (Wildman–Crippen LogP) is 5.65. The molecule has 1 amide bonds. The molecular formula is C21H23Cl2NO3S. The average Bonchev–Trinajstić information content (AvgIpc) is 2.63. The molecule has 7 heteroatoms. The Bertz CT molecular complexity index is 873. The Morgan fingerprint density at radius 1 is 1.25 bits per heavy atom. The molecule has 1 aliphatic rings. The van der Waals surface area contributed by atoms with E-state index < -0.39 is 0 Å². The highest BCUT2D eigenvalue weighted by atomic mass is 35.5. The molecule has 1 heterocycles. The van der Waals surface area contributed by atoms with E-state index in [2.05, 4.69) is 5.32 Å². The van der Waals surface area contributed by atoms with E-state index >= 15 is 0 Å². The molecule has 0 saturated heterocycles. The standard InChI is InChI=1S/C21H23Cl2NO3S/c1-21(2)10-18(15-6-5-14(26-3)9-19(15)27-21)24-20(25)12-28-11-13-4-7-16(22)17(23)8-13/h4-9,18H,10-12H2,1-3H3,(H,24,25). The Morgan fingerprint density at radius 3 is 2.75 bits per heavy atom. The summed E-state index contributed by atoms with van der Waals surface area (Å²) in [5, 5.41) is 4.21. The molecule has 28 heavy (non-hydrogen) atoms. The van der Waals surface area contributed by atoms with Gasteiger partial charge in [0.15, 0.2) is 0 Å². The van der Waals surface area contributed by atoms with Gasteiger partial charge in [-0.2, -0.15) is 0 Å². The minimum atomic E-state index is -0.371. The van der Waals surface area contributed by atoms with Gasteiger partial charge < -0.3 is 14.8 Å². The molecule has 2 aromatic rings. The molecule has 0 aromatic heterocycles. The van der Waals surface area contributed by atoms with Gasteiger partial charge >= 0.3 is 0 Å². The van der Waals surface area contributed by atoms with E-state index in [1.54, 1.807) is 13.2 Å². The van der Waals surface area contributed by atoms with Crippen molar-refractivity contribution < 1.29 is 14.3 Å². The Morgan fingerprint density at radius 2 is 2.04 bits per heavy atom. The number of ether oxygens (including phenoxy) is 2. The van der Waals surface area contributed by atoms with E-state index in [-0.39, 0.29) is 17.6 Å². The summed E-state index contributed by atoms with van der Waals surface area (Å²) in [4.78, 5) is 12.5. The maximum atomic E-state index is 12.5. The number of amides is 1. The Hall–Kier alpha value is -1.56. The summed E-state index contributed by atoms with van der Waals surface area (Å²) in [6, 6.07) is 11.1. The lowest BCUT2D eigenvalue weighted by Crippen LogP contribution is -2.41. The van der Waals surface area contributed by atoms with Crippen LogP contribution in [0.15, 0.2) is 36.4 Å². The SMILES string of the molecule is COc1ccc2c(c1)OC(C)(C)CC2NC(=O)CSCc1ccc(Cl)c(Cl)c1. The van der Waals surface area contributed by atoms with Gasteiger partial charge in [0.25, 0.3) is 0 Å². The molecule has 1 atom stereocenters. The van der Waals surface area contributed by atoms with Crippen molar-refractivity contribution in [3.05, 3.63) is 57.6 Å². The number of fused-ring (bicyclic) bond motifs is 1. The first kappa shape index (κ1) is 21.2. The molecule has 0 spiro atoms. The number of rotatable bonds is 6. The van der Waals surface area contributed by atoms with Crippen molar-refractivity contribution in [1.29, 1.82) is 0 Å². The Labute approximate surface area is 179 Å². The summed E-state index contributed by atoms with van der Waals surface area (Å²) >= 11 is 13.5. The molecule has 1 aliphatic heterocycles. The number of carbonyl (C=O) groups excluding carboxylic acids is 1. The first-order chi connectivity index (χ1) is 13.3. The van der Waals surface area contributed by atoms with E-state index in [0.29, 0.717) is 28.0 Å². The van der Waals surface area contributed by atoms with E-state index in [4.69, 9.17) is 32.7 Å². The van der Waals surface area contributed by atoms with Crippen molar-refractivity contribution in [1.82, 2.24) is 5.32 Å². The Balaban J connectivity index is 1.61. The molecule has 1 unspecified atom stereocenters. The average molecular weight is 440 g/mol. The van der Waals surface area contributed by atoms with Gasteiger partial charge in [-0.15, -0.1) is 11.8 Å². The van der Waals surface area contributed by atoms with Crippen molar-refractivity contribution in [3.63, 3.8) is 0 Å². The molecule has 0 fully saturated rings. The van der Waals surface area contributed by atoms with Crippen molar-refractivity contribution in [3.8, 4) is 11.5 Å². The number of hydrogen-bond donors (Lipinski definition) is 1. The van der Waals surface area contributed by atoms with Crippen LogP contribution in [0.5, 0.6) is 11.5 Å². The summed E-state index contributed by atoms with van der Waals surface area (Å²) < 4.78 is 11.4. The van der Waals surface area contributed by atoms with Gasteiger partial charge in [-0.1, -0.05) is 29.3 Å². The number of hydrogen-bond acceptors (Lipinski definition) is 4. The second-order valence-electron chi connectivity index (χ2n) is 7.33. The fourth-order valence-corrected chi connectivity index (χ4v) is 4.32. The molecule has 2 aromatic carbocycles. The zero-order valence-corrected chi connectivity index (χ0v) is 18.4. The van der Waals surface area contributed by atoms with Crippen LogP contribution in [0, 0.1) is 0 Å². The van der Waals surface area contributed by atoms with Gasteiger partial charge in [0.2, 0.25) is 5.91 Å². The lowest BCUT2D eigenvalue weighted by Gasteiger charge is -2.38. The molecule has 0 aliphatic carbocycles. The molecule has 0 bridgehead atoms. The second-order valence-corrected chi connectivity index (χ2v) is 9.13. The normalized spacial score (nSPS) is 17.4. The second kappa shape index (κ2) is 8.85. The van der Waals surface area contributed by atoms with Gasteiger partial charge in [-0.05, 0) is 43.7 Å². The van der Waals surface area contributed by atoms with Gasteiger partial charge in [-0.25, -0.2) is 0 Å². The number of carbonyl (C=O) groups is 1. The van der Waals surface area contributed by atoms with Crippen molar-refractivity contribution in [2.24, 2.45) is 0 Å². The topological polar surface area (TPSA) is 47.6 Å². The first-order valence-electron chi connectivity index (χ1n) is 8.95. The Kier molecular flexibility index (Phi) is 6.69. The fraction of sp³-hybridized carbons (Fsp3) is 0.381. The third-order valence-electron chi connectivity index (χ3n) is 4.50. The lowest BCUT2D eigenvalue weighted by atomic mass is 9.89. The smallest absolute Gasteiger partial charge is 0.230 e. The summed E-state index contributed by atoms with van der Waals surface area (Å²) in [6.07, 6.45) is 0.704. The maximum absolute atomic E-state index is 12.5. The lowest BCUT2D eigenvalue weighted by molar-refractivity contribution is -0.119. The van der Waals surface area contributed by atoms with E-state index in [9.17, 15) is 4.79 Å². The van der Waals surface area contributed by atoms with Gasteiger partial charge in [-0.3, -0.25) is 4.79 Å². The van der Waals surface area contributed by atoms with Crippen molar-refractivity contribution in [2.45, 2.75) is 37.7 Å². The van der Waals surface area contributed by atoms with Crippen molar-refractivity contribution >= 4 is 40.9 Å². The third-order valence-corrected chi connectivity index (χ3v) is 6.24. The predicted molar refractivity (Wildman–Crippen MR) is 116 cm³/mol. The van der Waals surface area contributed by atoms with Crippen LogP contribution in [0.4, 0.5) is 0 Å². The van der Waals surface area contributed by atoms with Gasteiger partial charge in [0, 0.05) is 23.8 Å². The number of halogens is 2. The highest BCUT2D eigenvalue weighted by molar-refractivity contribution is 7.99. The summed E-state index contributed by atoms with van der Waals surface area (Å²) in [7, 11) is 1.63. The van der Waals surface area contributed by atoms with Crippen LogP contribution in [0.2, 0.25) is 10.0 Å². The first-order valence-corrected chi connectivity index (χ1v) is 10.9. The zero-order chi connectivity index (χ0) is 20.3. The minimum Gasteiger partial charge on any atom is -0.497 e. The summed E-state index contributed by atoms with van der Waals surface area (Å²) in [5.41, 5.74) is 1.64. The molecule has 4 nitrogen and oxygen atoms in total. The quantitative estimate of drug-likeness (QED) is 0.630. The zero-order valence-electron chi connectivity index (χ0n) is 16.1. The molecular weight excluding hydrogens is 417 g/mol. The number of nitrogens with one attached hydrogen (secondary N) is 1. The molecule has 3 rings (SSSR count). The molecule has 1 N–H and O–H groups in total.